The maximum absolute atomic E-state index is 13.9. The van der Waals surface area contributed by atoms with Gasteiger partial charge in [0, 0.05) is 30.8 Å². The van der Waals surface area contributed by atoms with E-state index in [0.717, 1.165) is 21.9 Å². The largest absolute Gasteiger partial charge is 0.481 e. The van der Waals surface area contributed by atoms with Gasteiger partial charge in [0.1, 0.15) is 0 Å². The molecule has 42 heavy (non-hydrogen) atoms. The Hall–Kier alpha value is -5.23. The molecule has 0 atom stereocenters. The molecule has 0 aliphatic rings. The Kier molecular flexibility index (Phi) is 9.04. The fourth-order valence-corrected chi connectivity index (χ4v) is 5.16. The number of benzene rings is 5. The van der Waals surface area contributed by atoms with Crippen LogP contribution in [0.5, 0.6) is 0 Å². The van der Waals surface area contributed by atoms with Crippen LogP contribution in [0.3, 0.4) is 0 Å². The summed E-state index contributed by atoms with van der Waals surface area (Å²) in [6.45, 7) is 0.817. The van der Waals surface area contributed by atoms with Crippen LogP contribution < -0.4 is 5.32 Å². The predicted molar refractivity (Wildman–Crippen MR) is 165 cm³/mol. The highest BCUT2D eigenvalue weighted by molar-refractivity contribution is 6.06. The standard InChI is InChI=1S/C36H32N2O4/c39-34(40)22-24-38(23-21-26-11-2-1-3-12-26)36(42)33-20-9-7-18-31(33)30-17-6-8-19-32(30)35(41)37-25-28-15-10-14-27-13-4-5-16-29(27)28/h1-20H,21-25H2,(H,37,41)(H,39,40). The maximum Gasteiger partial charge on any atom is 0.305 e. The average Bonchev–Trinajstić information content (AvgIpc) is 3.03. The second kappa shape index (κ2) is 13.4. The van der Waals surface area contributed by atoms with Gasteiger partial charge in [0.05, 0.1) is 6.42 Å². The number of hydrogen-bond acceptors (Lipinski definition) is 3. The molecule has 0 unspecified atom stereocenters. The Morgan fingerprint density at radius 2 is 1.26 bits per heavy atom. The highest BCUT2D eigenvalue weighted by Crippen LogP contribution is 2.29. The van der Waals surface area contributed by atoms with Gasteiger partial charge < -0.3 is 15.3 Å². The van der Waals surface area contributed by atoms with Crippen LogP contribution in [0.25, 0.3) is 21.9 Å². The van der Waals surface area contributed by atoms with Crippen molar-refractivity contribution >= 4 is 28.6 Å². The minimum absolute atomic E-state index is 0.0858. The fourth-order valence-electron chi connectivity index (χ4n) is 5.16. The van der Waals surface area contributed by atoms with Gasteiger partial charge in [-0.3, -0.25) is 14.4 Å². The van der Waals surface area contributed by atoms with E-state index < -0.39 is 5.97 Å². The minimum atomic E-state index is -0.964. The van der Waals surface area contributed by atoms with Crippen LogP contribution in [0.1, 0.15) is 38.3 Å². The van der Waals surface area contributed by atoms with Gasteiger partial charge in [0.15, 0.2) is 0 Å². The molecule has 2 amide bonds. The molecule has 5 aromatic rings. The van der Waals surface area contributed by atoms with Crippen molar-refractivity contribution in [2.45, 2.75) is 19.4 Å². The van der Waals surface area contributed by atoms with Crippen molar-refractivity contribution in [1.82, 2.24) is 10.2 Å². The summed E-state index contributed by atoms with van der Waals surface area (Å²) >= 11 is 0. The van der Waals surface area contributed by atoms with Gasteiger partial charge >= 0.3 is 5.97 Å². The maximum atomic E-state index is 13.9. The molecule has 5 aromatic carbocycles. The number of carbonyl (C=O) groups excluding carboxylic acids is 2. The van der Waals surface area contributed by atoms with Crippen LogP contribution in [-0.2, 0) is 17.8 Å². The zero-order chi connectivity index (χ0) is 29.3. The first-order valence-electron chi connectivity index (χ1n) is 14.0. The van der Waals surface area contributed by atoms with Crippen LogP contribution >= 0.6 is 0 Å². The van der Waals surface area contributed by atoms with Gasteiger partial charge in [-0.05, 0) is 51.6 Å². The second-order valence-corrected chi connectivity index (χ2v) is 10.1. The quantitative estimate of drug-likeness (QED) is 0.192. The monoisotopic (exact) mass is 556 g/mol. The Morgan fingerprint density at radius 1 is 0.643 bits per heavy atom. The number of rotatable bonds is 11. The van der Waals surface area contributed by atoms with E-state index >= 15 is 0 Å². The number of carboxylic acid groups (broad SMARTS) is 1. The van der Waals surface area contributed by atoms with Crippen LogP contribution in [0.2, 0.25) is 0 Å². The average molecular weight is 557 g/mol. The smallest absolute Gasteiger partial charge is 0.305 e. The normalized spacial score (nSPS) is 10.8. The topological polar surface area (TPSA) is 86.7 Å². The van der Waals surface area contributed by atoms with Crippen LogP contribution in [0.4, 0.5) is 0 Å². The number of fused-ring (bicyclic) bond motifs is 1. The highest BCUT2D eigenvalue weighted by atomic mass is 16.4. The lowest BCUT2D eigenvalue weighted by Crippen LogP contribution is -2.35. The summed E-state index contributed by atoms with van der Waals surface area (Å²) in [6.07, 6.45) is 0.442. The molecule has 6 nitrogen and oxygen atoms in total. The van der Waals surface area contributed by atoms with E-state index in [1.165, 1.54) is 0 Å². The van der Waals surface area contributed by atoms with E-state index in [-0.39, 0.29) is 24.8 Å². The van der Waals surface area contributed by atoms with Gasteiger partial charge in [-0.25, -0.2) is 0 Å². The van der Waals surface area contributed by atoms with Crippen molar-refractivity contribution in [2.24, 2.45) is 0 Å². The molecule has 0 saturated carbocycles. The molecular weight excluding hydrogens is 524 g/mol. The van der Waals surface area contributed by atoms with Crippen molar-refractivity contribution in [1.29, 1.82) is 0 Å². The first kappa shape index (κ1) is 28.3. The summed E-state index contributed by atoms with van der Waals surface area (Å²) in [5.41, 5.74) is 4.22. The number of aliphatic carboxylic acids is 1. The summed E-state index contributed by atoms with van der Waals surface area (Å²) in [6, 6.07) is 38.3. The third-order valence-electron chi connectivity index (χ3n) is 7.33. The van der Waals surface area contributed by atoms with Crippen LogP contribution in [-0.4, -0.2) is 40.9 Å². The zero-order valence-electron chi connectivity index (χ0n) is 23.2. The molecule has 210 valence electrons. The van der Waals surface area contributed by atoms with Crippen LogP contribution in [0.15, 0.2) is 121 Å². The molecule has 0 aliphatic carbocycles. The molecule has 0 bridgehead atoms. The van der Waals surface area contributed by atoms with E-state index in [1.807, 2.05) is 97.1 Å². The van der Waals surface area contributed by atoms with E-state index in [1.54, 1.807) is 29.2 Å². The number of carboxylic acids is 1. The van der Waals surface area contributed by atoms with Crippen molar-refractivity contribution in [3.8, 4) is 11.1 Å². The molecule has 0 saturated heterocycles. The Balaban J connectivity index is 1.41. The molecule has 0 aromatic heterocycles. The summed E-state index contributed by atoms with van der Waals surface area (Å²) in [7, 11) is 0. The van der Waals surface area contributed by atoms with Crippen molar-refractivity contribution in [2.75, 3.05) is 13.1 Å². The predicted octanol–water partition coefficient (Wildman–Crippen LogP) is 6.60. The Morgan fingerprint density at radius 3 is 2.02 bits per heavy atom. The van der Waals surface area contributed by atoms with Crippen LogP contribution in [0, 0.1) is 0 Å². The molecule has 0 aliphatic heterocycles. The molecule has 0 heterocycles. The molecule has 0 spiro atoms. The Bertz CT molecular complexity index is 1710. The van der Waals surface area contributed by atoms with Crippen molar-refractivity contribution in [3.63, 3.8) is 0 Å². The zero-order valence-corrected chi connectivity index (χ0v) is 23.2. The lowest BCUT2D eigenvalue weighted by Gasteiger charge is -2.24. The summed E-state index contributed by atoms with van der Waals surface area (Å²) in [5.74, 6) is -1.48. The van der Waals surface area contributed by atoms with E-state index in [0.29, 0.717) is 41.8 Å². The van der Waals surface area contributed by atoms with Gasteiger partial charge in [0.25, 0.3) is 11.8 Å². The van der Waals surface area contributed by atoms with Gasteiger partial charge in [-0.1, -0.05) is 109 Å². The van der Waals surface area contributed by atoms with Gasteiger partial charge in [-0.15, -0.1) is 0 Å². The summed E-state index contributed by atoms with van der Waals surface area (Å²) in [4.78, 5) is 40.4. The van der Waals surface area contributed by atoms with Crippen molar-refractivity contribution in [3.05, 3.63) is 144 Å². The molecule has 0 radical (unpaired) electrons. The molecule has 6 heteroatoms. The fraction of sp³-hybridized carbons (Fsp3) is 0.139. The first-order valence-corrected chi connectivity index (χ1v) is 14.0. The van der Waals surface area contributed by atoms with E-state index in [2.05, 4.69) is 5.32 Å². The number of nitrogens with zero attached hydrogens (tertiary/aromatic N) is 1. The van der Waals surface area contributed by atoms with E-state index in [9.17, 15) is 19.5 Å². The van der Waals surface area contributed by atoms with Gasteiger partial charge in [0.2, 0.25) is 0 Å². The lowest BCUT2D eigenvalue weighted by molar-refractivity contribution is -0.137. The number of hydrogen-bond donors (Lipinski definition) is 2. The number of nitrogens with one attached hydrogen (secondary N) is 1. The summed E-state index contributed by atoms with van der Waals surface area (Å²) in [5, 5.41) is 14.6. The van der Waals surface area contributed by atoms with Crippen molar-refractivity contribution < 1.29 is 19.5 Å². The SMILES string of the molecule is O=C(O)CCN(CCc1ccccc1)C(=O)c1ccccc1-c1ccccc1C(=O)NCc1cccc2ccccc12. The number of amides is 2. The molecule has 0 fully saturated rings. The Labute approximate surface area is 245 Å². The highest BCUT2D eigenvalue weighted by Gasteiger charge is 2.22. The number of carbonyl (C=O) groups is 3. The molecular formula is C36H32N2O4. The third kappa shape index (κ3) is 6.73. The molecule has 5 rings (SSSR count). The lowest BCUT2D eigenvalue weighted by atomic mass is 9.94. The first-order chi connectivity index (χ1) is 20.5. The van der Waals surface area contributed by atoms with E-state index in [4.69, 9.17) is 0 Å². The second-order valence-electron chi connectivity index (χ2n) is 10.1. The van der Waals surface area contributed by atoms with Gasteiger partial charge in [-0.2, -0.15) is 0 Å². The summed E-state index contributed by atoms with van der Waals surface area (Å²) < 4.78 is 0. The third-order valence-corrected chi connectivity index (χ3v) is 7.33. The molecule has 2 N–H and O–H groups in total. The minimum Gasteiger partial charge on any atom is -0.481 e.